The van der Waals surface area contributed by atoms with Gasteiger partial charge in [-0.2, -0.15) is 0 Å². The molecule has 8 aromatic rings. The molecule has 0 aliphatic carbocycles. The molecule has 0 radical (unpaired) electrons. The van der Waals surface area contributed by atoms with Crippen LogP contribution in [0.2, 0.25) is 0 Å². The van der Waals surface area contributed by atoms with Gasteiger partial charge in [-0.25, -0.2) is 15.0 Å². The van der Waals surface area contributed by atoms with Gasteiger partial charge in [-0.15, -0.1) is 0 Å². The van der Waals surface area contributed by atoms with E-state index in [-0.39, 0.29) is 0 Å². The molecule has 0 saturated heterocycles. The Bertz CT molecular complexity index is 2110. The van der Waals surface area contributed by atoms with E-state index in [1.54, 1.807) is 0 Å². The number of furan rings is 1. The lowest BCUT2D eigenvalue weighted by Crippen LogP contribution is -2.00. The van der Waals surface area contributed by atoms with Crippen molar-refractivity contribution in [3.8, 4) is 34.2 Å². The molecule has 0 spiro atoms. The van der Waals surface area contributed by atoms with E-state index in [9.17, 15) is 0 Å². The Kier molecular flexibility index (Phi) is 4.79. The van der Waals surface area contributed by atoms with Crippen molar-refractivity contribution in [3.05, 3.63) is 127 Å². The Balaban J connectivity index is 1.44. The summed E-state index contributed by atoms with van der Waals surface area (Å²) < 4.78 is 6.22. The second kappa shape index (κ2) is 8.61. The molecule has 182 valence electrons. The van der Waals surface area contributed by atoms with Crippen molar-refractivity contribution >= 4 is 43.5 Å². The van der Waals surface area contributed by atoms with Crippen molar-refractivity contribution in [2.24, 2.45) is 0 Å². The average Bonchev–Trinajstić information content (AvgIpc) is 3.40. The maximum absolute atomic E-state index is 6.22. The predicted molar refractivity (Wildman–Crippen MR) is 158 cm³/mol. The summed E-state index contributed by atoms with van der Waals surface area (Å²) in [6, 6.07) is 43.3. The highest BCUT2D eigenvalue weighted by Crippen LogP contribution is 2.40. The van der Waals surface area contributed by atoms with Gasteiger partial charge in [-0.05, 0) is 28.3 Å². The third kappa shape index (κ3) is 3.50. The standard InChI is InChI=1S/C35H21N3O/c1-3-10-23(11-4-1)33-36-34(24-12-5-2-6-13-24)38-35(37-33)27-16-9-15-26-25(27)20-18-22-19-21-30-32(31(22)26)28-14-7-8-17-29(28)39-30/h1-21H. The number of hydrogen-bond acceptors (Lipinski definition) is 4. The second-order valence-corrected chi connectivity index (χ2v) is 9.64. The number of nitrogens with zero attached hydrogens (tertiary/aromatic N) is 3. The van der Waals surface area contributed by atoms with Crippen LogP contribution in [0.4, 0.5) is 0 Å². The van der Waals surface area contributed by atoms with Crippen LogP contribution in [0.1, 0.15) is 0 Å². The maximum Gasteiger partial charge on any atom is 0.164 e. The number of benzene rings is 6. The van der Waals surface area contributed by atoms with Gasteiger partial charge in [-0.3, -0.25) is 0 Å². The van der Waals surface area contributed by atoms with E-state index in [1.165, 1.54) is 10.8 Å². The number of rotatable bonds is 3. The van der Waals surface area contributed by atoms with Crippen LogP contribution in [0.15, 0.2) is 132 Å². The first kappa shape index (κ1) is 21.7. The molecular formula is C35H21N3O. The van der Waals surface area contributed by atoms with Gasteiger partial charge in [0, 0.05) is 32.8 Å². The number of aromatic nitrogens is 3. The summed E-state index contributed by atoms with van der Waals surface area (Å²) >= 11 is 0. The van der Waals surface area contributed by atoms with E-state index in [0.717, 1.165) is 49.4 Å². The van der Waals surface area contributed by atoms with Crippen molar-refractivity contribution in [2.45, 2.75) is 0 Å². The van der Waals surface area contributed by atoms with E-state index in [1.807, 2.05) is 72.8 Å². The van der Waals surface area contributed by atoms with E-state index in [2.05, 4.69) is 54.6 Å². The molecule has 0 N–H and O–H groups in total. The second-order valence-electron chi connectivity index (χ2n) is 9.64. The van der Waals surface area contributed by atoms with Crippen LogP contribution in [0.25, 0.3) is 77.6 Å². The van der Waals surface area contributed by atoms with Gasteiger partial charge in [0.2, 0.25) is 0 Å². The van der Waals surface area contributed by atoms with Gasteiger partial charge in [0.25, 0.3) is 0 Å². The van der Waals surface area contributed by atoms with Gasteiger partial charge >= 0.3 is 0 Å². The lowest BCUT2D eigenvalue weighted by atomic mass is 9.95. The smallest absolute Gasteiger partial charge is 0.164 e. The van der Waals surface area contributed by atoms with Crippen LogP contribution in [0, 0.1) is 0 Å². The first-order valence-electron chi connectivity index (χ1n) is 13.0. The Morgan fingerprint density at radius 2 is 1.00 bits per heavy atom. The third-order valence-corrected chi connectivity index (χ3v) is 7.32. The molecule has 0 atom stereocenters. The van der Waals surface area contributed by atoms with Crippen molar-refractivity contribution in [1.29, 1.82) is 0 Å². The van der Waals surface area contributed by atoms with Crippen LogP contribution in [0.3, 0.4) is 0 Å². The van der Waals surface area contributed by atoms with Crippen LogP contribution >= 0.6 is 0 Å². The summed E-state index contributed by atoms with van der Waals surface area (Å²) in [6.45, 7) is 0. The van der Waals surface area contributed by atoms with Gasteiger partial charge in [0.15, 0.2) is 17.5 Å². The minimum absolute atomic E-state index is 0.650. The Labute approximate surface area is 224 Å². The monoisotopic (exact) mass is 499 g/mol. The Morgan fingerprint density at radius 1 is 0.385 bits per heavy atom. The molecule has 2 aromatic heterocycles. The van der Waals surface area contributed by atoms with Crippen LogP contribution < -0.4 is 0 Å². The van der Waals surface area contributed by atoms with Crippen molar-refractivity contribution in [1.82, 2.24) is 15.0 Å². The molecular weight excluding hydrogens is 478 g/mol. The highest BCUT2D eigenvalue weighted by molar-refractivity contribution is 6.27. The predicted octanol–water partition coefficient (Wildman–Crippen LogP) is 9.08. The molecule has 2 heterocycles. The van der Waals surface area contributed by atoms with Crippen LogP contribution in [-0.2, 0) is 0 Å². The zero-order valence-electron chi connectivity index (χ0n) is 20.9. The molecule has 0 aliphatic rings. The highest BCUT2D eigenvalue weighted by Gasteiger charge is 2.17. The zero-order chi connectivity index (χ0) is 25.8. The molecule has 4 heteroatoms. The molecule has 0 saturated carbocycles. The van der Waals surface area contributed by atoms with Gasteiger partial charge in [0.1, 0.15) is 11.2 Å². The largest absolute Gasteiger partial charge is 0.456 e. The minimum Gasteiger partial charge on any atom is -0.456 e. The summed E-state index contributed by atoms with van der Waals surface area (Å²) in [5, 5.41) is 6.84. The van der Waals surface area contributed by atoms with Gasteiger partial charge in [0.05, 0.1) is 0 Å². The lowest BCUT2D eigenvalue weighted by Gasteiger charge is -2.12. The topological polar surface area (TPSA) is 51.8 Å². The van der Waals surface area contributed by atoms with Crippen LogP contribution in [-0.4, -0.2) is 15.0 Å². The average molecular weight is 500 g/mol. The van der Waals surface area contributed by atoms with E-state index in [4.69, 9.17) is 19.4 Å². The highest BCUT2D eigenvalue weighted by atomic mass is 16.3. The normalized spacial score (nSPS) is 11.6. The summed E-state index contributed by atoms with van der Waals surface area (Å²) in [4.78, 5) is 14.8. The first-order valence-corrected chi connectivity index (χ1v) is 13.0. The molecule has 39 heavy (non-hydrogen) atoms. The molecule has 4 nitrogen and oxygen atoms in total. The molecule has 0 aliphatic heterocycles. The summed E-state index contributed by atoms with van der Waals surface area (Å²) in [5.74, 6) is 1.96. The molecule has 0 fully saturated rings. The fraction of sp³-hybridized carbons (Fsp3) is 0. The lowest BCUT2D eigenvalue weighted by molar-refractivity contribution is 0.669. The summed E-state index contributed by atoms with van der Waals surface area (Å²) in [5.41, 5.74) is 4.66. The fourth-order valence-corrected chi connectivity index (χ4v) is 5.52. The Hall–Kier alpha value is -5.35. The Morgan fingerprint density at radius 3 is 1.74 bits per heavy atom. The van der Waals surface area contributed by atoms with Gasteiger partial charge < -0.3 is 4.42 Å². The van der Waals surface area contributed by atoms with Crippen molar-refractivity contribution in [2.75, 3.05) is 0 Å². The number of para-hydroxylation sites is 1. The molecule has 0 amide bonds. The van der Waals surface area contributed by atoms with Crippen LogP contribution in [0.5, 0.6) is 0 Å². The van der Waals surface area contributed by atoms with Crippen molar-refractivity contribution < 1.29 is 4.42 Å². The summed E-state index contributed by atoms with van der Waals surface area (Å²) in [7, 11) is 0. The minimum atomic E-state index is 0.650. The molecule has 8 rings (SSSR count). The molecule has 0 bridgehead atoms. The fourth-order valence-electron chi connectivity index (χ4n) is 5.52. The molecule has 0 unspecified atom stereocenters. The van der Waals surface area contributed by atoms with E-state index < -0.39 is 0 Å². The van der Waals surface area contributed by atoms with E-state index in [0.29, 0.717) is 17.5 Å². The zero-order valence-corrected chi connectivity index (χ0v) is 20.9. The number of fused-ring (bicyclic) bond motifs is 7. The molecule has 6 aromatic carbocycles. The SMILES string of the molecule is c1ccc(-c2nc(-c3ccccc3)nc(-c3cccc4c3ccc3ccc5oc6ccccc6c5c34)n2)cc1. The van der Waals surface area contributed by atoms with E-state index >= 15 is 0 Å². The maximum atomic E-state index is 6.22. The third-order valence-electron chi connectivity index (χ3n) is 7.32. The number of hydrogen-bond donors (Lipinski definition) is 0. The van der Waals surface area contributed by atoms with Crippen molar-refractivity contribution in [3.63, 3.8) is 0 Å². The first-order chi connectivity index (χ1) is 19.3. The van der Waals surface area contributed by atoms with Gasteiger partial charge in [-0.1, -0.05) is 115 Å². The summed E-state index contributed by atoms with van der Waals surface area (Å²) in [6.07, 6.45) is 0. The quantitative estimate of drug-likeness (QED) is 0.228.